The first-order chi connectivity index (χ1) is 12.0. The van der Waals surface area contributed by atoms with Crippen LogP contribution < -0.4 is 10.6 Å². The molecule has 25 heavy (non-hydrogen) atoms. The van der Waals surface area contributed by atoms with Crippen LogP contribution in [0.4, 0.5) is 4.39 Å². The molecule has 0 spiro atoms. The maximum absolute atomic E-state index is 13.9. The van der Waals surface area contributed by atoms with Crippen LogP contribution in [0.15, 0.2) is 35.5 Å². The Kier molecular flexibility index (Phi) is 6.94. The van der Waals surface area contributed by atoms with Crippen LogP contribution in [0, 0.1) is 5.82 Å². The Bertz CT molecular complexity index is 707. The first kappa shape index (κ1) is 18.9. The van der Waals surface area contributed by atoms with Crippen molar-refractivity contribution in [1.82, 2.24) is 25.3 Å². The summed E-state index contributed by atoms with van der Waals surface area (Å²) in [5.41, 5.74) is 2.74. The third-order valence-electron chi connectivity index (χ3n) is 3.72. The molecule has 6 nitrogen and oxygen atoms in total. The fraction of sp³-hybridized carbons (Fsp3) is 0.444. The summed E-state index contributed by atoms with van der Waals surface area (Å²) in [6, 6.07) is 7.13. The van der Waals surface area contributed by atoms with Gasteiger partial charge in [0.1, 0.15) is 5.82 Å². The zero-order valence-corrected chi connectivity index (χ0v) is 15.4. The Balaban J connectivity index is 2.03. The lowest BCUT2D eigenvalue weighted by Gasteiger charge is -2.13. The number of rotatable bonds is 7. The summed E-state index contributed by atoms with van der Waals surface area (Å²) < 4.78 is 15.7. The Morgan fingerprint density at radius 3 is 2.72 bits per heavy atom. The Hall–Kier alpha value is -2.41. The third-order valence-corrected chi connectivity index (χ3v) is 3.72. The number of aromatic nitrogens is 2. The maximum Gasteiger partial charge on any atom is 0.191 e. The standard InChI is InChI=1S/C18H27FN6/c1-5-20-18(22-12-16-8-9-23-25(16)4)21-11-14-6-7-17(19)15(10-14)13-24(2)3/h6-10H,5,11-13H2,1-4H3,(H2,20,21,22). The summed E-state index contributed by atoms with van der Waals surface area (Å²) in [6.07, 6.45) is 1.77. The van der Waals surface area contributed by atoms with Gasteiger partial charge >= 0.3 is 0 Å². The van der Waals surface area contributed by atoms with Gasteiger partial charge in [0.15, 0.2) is 5.96 Å². The zero-order valence-electron chi connectivity index (χ0n) is 15.4. The lowest BCUT2D eigenvalue weighted by Crippen LogP contribution is -2.37. The lowest BCUT2D eigenvalue weighted by atomic mass is 10.1. The van der Waals surface area contributed by atoms with Crippen molar-refractivity contribution in [1.29, 1.82) is 0 Å². The van der Waals surface area contributed by atoms with Crippen molar-refractivity contribution in [2.24, 2.45) is 12.0 Å². The number of aryl methyl sites for hydroxylation is 1. The molecule has 0 amide bonds. The minimum Gasteiger partial charge on any atom is -0.357 e. The zero-order chi connectivity index (χ0) is 18.2. The van der Waals surface area contributed by atoms with Crippen molar-refractivity contribution in [3.8, 4) is 0 Å². The molecular formula is C18H27FN6. The molecule has 1 aromatic carbocycles. The Labute approximate surface area is 148 Å². The topological polar surface area (TPSA) is 57.5 Å². The van der Waals surface area contributed by atoms with Crippen molar-refractivity contribution in [2.45, 2.75) is 26.6 Å². The highest BCUT2D eigenvalue weighted by atomic mass is 19.1. The van der Waals surface area contributed by atoms with E-state index in [9.17, 15) is 4.39 Å². The highest BCUT2D eigenvalue weighted by Gasteiger charge is 2.06. The van der Waals surface area contributed by atoms with E-state index in [0.29, 0.717) is 25.2 Å². The van der Waals surface area contributed by atoms with Crippen molar-refractivity contribution < 1.29 is 4.39 Å². The fourth-order valence-corrected chi connectivity index (χ4v) is 2.45. The summed E-state index contributed by atoms with van der Waals surface area (Å²) in [5.74, 6) is 0.546. The molecule has 0 saturated carbocycles. The van der Waals surface area contributed by atoms with Gasteiger partial charge in [-0.05, 0) is 44.8 Å². The number of benzene rings is 1. The molecule has 0 bridgehead atoms. The number of hydrogen-bond donors (Lipinski definition) is 2. The number of hydrogen-bond acceptors (Lipinski definition) is 3. The Morgan fingerprint density at radius 1 is 1.28 bits per heavy atom. The van der Waals surface area contributed by atoms with E-state index in [0.717, 1.165) is 23.8 Å². The quantitative estimate of drug-likeness (QED) is 0.594. The van der Waals surface area contributed by atoms with Crippen molar-refractivity contribution in [2.75, 3.05) is 20.6 Å². The van der Waals surface area contributed by atoms with Crippen LogP contribution in [0.25, 0.3) is 0 Å². The van der Waals surface area contributed by atoms with E-state index in [-0.39, 0.29) is 5.82 Å². The first-order valence-corrected chi connectivity index (χ1v) is 8.40. The van der Waals surface area contributed by atoms with E-state index in [2.05, 4.69) is 20.7 Å². The molecule has 0 radical (unpaired) electrons. The number of aliphatic imine (C=N–C) groups is 1. The SMILES string of the molecule is CCNC(=NCc1ccc(F)c(CN(C)C)c1)NCc1ccnn1C. The number of nitrogens with zero attached hydrogens (tertiary/aromatic N) is 4. The molecule has 0 saturated heterocycles. The summed E-state index contributed by atoms with van der Waals surface area (Å²) in [4.78, 5) is 6.54. The average Bonchev–Trinajstić information content (AvgIpc) is 2.97. The molecule has 7 heteroatoms. The summed E-state index contributed by atoms with van der Waals surface area (Å²) in [6.45, 7) is 4.49. The minimum atomic E-state index is -0.178. The van der Waals surface area contributed by atoms with Crippen LogP contribution in [-0.2, 0) is 26.7 Å². The van der Waals surface area contributed by atoms with Crippen LogP contribution in [0.2, 0.25) is 0 Å². The normalized spacial score (nSPS) is 11.8. The maximum atomic E-state index is 13.9. The van der Waals surface area contributed by atoms with Gasteiger partial charge in [0.25, 0.3) is 0 Å². The molecule has 2 N–H and O–H groups in total. The van der Waals surface area contributed by atoms with Crippen LogP contribution in [0.1, 0.15) is 23.7 Å². The van der Waals surface area contributed by atoms with E-state index in [4.69, 9.17) is 0 Å². The molecule has 0 aliphatic heterocycles. The minimum absolute atomic E-state index is 0.178. The van der Waals surface area contributed by atoms with E-state index in [1.807, 2.05) is 49.8 Å². The van der Waals surface area contributed by atoms with Gasteiger partial charge in [0, 0.05) is 31.9 Å². The molecule has 0 unspecified atom stereocenters. The number of nitrogens with one attached hydrogen (secondary N) is 2. The van der Waals surface area contributed by atoms with Crippen LogP contribution in [0.5, 0.6) is 0 Å². The highest BCUT2D eigenvalue weighted by molar-refractivity contribution is 5.79. The van der Waals surface area contributed by atoms with Gasteiger partial charge in [-0.3, -0.25) is 4.68 Å². The van der Waals surface area contributed by atoms with Crippen LogP contribution >= 0.6 is 0 Å². The van der Waals surface area contributed by atoms with Crippen molar-refractivity contribution in [3.63, 3.8) is 0 Å². The molecule has 2 aromatic rings. The fourth-order valence-electron chi connectivity index (χ4n) is 2.45. The first-order valence-electron chi connectivity index (χ1n) is 8.40. The van der Waals surface area contributed by atoms with Gasteiger partial charge in [-0.2, -0.15) is 5.10 Å². The molecule has 0 atom stereocenters. The van der Waals surface area contributed by atoms with Crippen LogP contribution in [-0.4, -0.2) is 41.3 Å². The predicted molar refractivity (Wildman–Crippen MR) is 98.7 cm³/mol. The lowest BCUT2D eigenvalue weighted by molar-refractivity contribution is 0.392. The van der Waals surface area contributed by atoms with E-state index in [1.165, 1.54) is 6.07 Å². The van der Waals surface area contributed by atoms with Gasteiger partial charge in [0.2, 0.25) is 0 Å². The van der Waals surface area contributed by atoms with Gasteiger partial charge in [0.05, 0.1) is 18.8 Å². The average molecular weight is 346 g/mol. The third kappa shape index (κ3) is 5.86. The van der Waals surface area contributed by atoms with Crippen molar-refractivity contribution in [3.05, 3.63) is 53.1 Å². The smallest absolute Gasteiger partial charge is 0.191 e. The Morgan fingerprint density at radius 2 is 2.08 bits per heavy atom. The molecule has 0 fully saturated rings. The molecule has 2 rings (SSSR count). The molecular weight excluding hydrogens is 319 g/mol. The van der Waals surface area contributed by atoms with E-state index < -0.39 is 0 Å². The number of halogens is 1. The predicted octanol–water partition coefficient (Wildman–Crippen LogP) is 1.88. The summed E-state index contributed by atoms with van der Waals surface area (Å²) in [5, 5.41) is 10.7. The highest BCUT2D eigenvalue weighted by Crippen LogP contribution is 2.13. The summed E-state index contributed by atoms with van der Waals surface area (Å²) >= 11 is 0. The van der Waals surface area contributed by atoms with E-state index in [1.54, 1.807) is 12.3 Å². The molecule has 0 aliphatic carbocycles. The second-order valence-corrected chi connectivity index (χ2v) is 6.16. The number of guanidine groups is 1. The largest absolute Gasteiger partial charge is 0.357 e. The second-order valence-electron chi connectivity index (χ2n) is 6.16. The van der Waals surface area contributed by atoms with E-state index >= 15 is 0 Å². The molecule has 1 heterocycles. The molecule has 0 aliphatic rings. The van der Waals surface area contributed by atoms with Crippen LogP contribution in [0.3, 0.4) is 0 Å². The second kappa shape index (κ2) is 9.17. The molecule has 136 valence electrons. The van der Waals surface area contributed by atoms with Gasteiger partial charge < -0.3 is 15.5 Å². The van der Waals surface area contributed by atoms with Gasteiger partial charge in [-0.1, -0.05) is 6.07 Å². The van der Waals surface area contributed by atoms with Crippen molar-refractivity contribution >= 4 is 5.96 Å². The summed E-state index contributed by atoms with van der Waals surface area (Å²) in [7, 11) is 5.76. The monoisotopic (exact) mass is 346 g/mol. The van der Waals surface area contributed by atoms with Gasteiger partial charge in [-0.15, -0.1) is 0 Å². The van der Waals surface area contributed by atoms with Gasteiger partial charge in [-0.25, -0.2) is 9.38 Å². The molecule has 1 aromatic heterocycles.